The maximum atomic E-state index is 4.81. The zero-order valence-corrected chi connectivity index (χ0v) is 15.0. The Labute approximate surface area is 134 Å². The fraction of sp³-hybridized carbons (Fsp3) is 0.765. The molecule has 0 aliphatic carbocycles. The van der Waals surface area contributed by atoms with Gasteiger partial charge in [0.1, 0.15) is 0 Å². The molecule has 2 heterocycles. The van der Waals surface area contributed by atoms with Gasteiger partial charge in [0.05, 0.1) is 6.20 Å². The zero-order chi connectivity index (χ0) is 16.4. The number of aliphatic imine (C=N–C) groups is 1. The van der Waals surface area contributed by atoms with Crippen LogP contribution in [0.2, 0.25) is 0 Å². The normalized spacial score (nSPS) is 19.9. The first-order valence-electron chi connectivity index (χ1n) is 8.33. The summed E-state index contributed by atoms with van der Waals surface area (Å²) >= 11 is 0. The highest BCUT2D eigenvalue weighted by Gasteiger charge is 2.53. The topological polar surface area (TPSA) is 45.5 Å². The Kier molecular flexibility index (Phi) is 4.83. The summed E-state index contributed by atoms with van der Waals surface area (Å²) < 4.78 is 1.99. The molecule has 124 valence electrons. The minimum Gasteiger partial charge on any atom is -0.356 e. The number of aryl methyl sites for hydroxylation is 2. The first-order chi connectivity index (χ1) is 10.3. The maximum Gasteiger partial charge on any atom is 0.194 e. The van der Waals surface area contributed by atoms with Crippen LogP contribution in [0.25, 0.3) is 0 Å². The molecule has 22 heavy (non-hydrogen) atoms. The van der Waals surface area contributed by atoms with E-state index in [4.69, 9.17) is 4.99 Å². The minimum absolute atomic E-state index is 0.146. The third-order valence-corrected chi connectivity index (χ3v) is 5.04. The predicted octanol–water partition coefficient (Wildman–Crippen LogP) is 2.67. The van der Waals surface area contributed by atoms with Crippen LogP contribution in [0.5, 0.6) is 0 Å². The molecule has 5 nitrogen and oxygen atoms in total. The number of likely N-dealkylation sites (tertiary alicyclic amines) is 1. The van der Waals surface area contributed by atoms with Crippen LogP contribution in [0.1, 0.15) is 46.6 Å². The number of nitrogens with one attached hydrogen (secondary N) is 1. The zero-order valence-electron chi connectivity index (χ0n) is 15.0. The van der Waals surface area contributed by atoms with E-state index in [1.165, 1.54) is 5.56 Å². The standard InChI is InChI=1S/C17H31N5/c1-7-18-15(22-13-16(3,4)17(22,5)6)19-9-8-10-21-12-14(2)11-20-21/h11-12H,7-10,13H2,1-6H3,(H,18,19). The lowest BCUT2D eigenvalue weighted by atomic mass is 9.65. The van der Waals surface area contributed by atoms with Gasteiger partial charge < -0.3 is 10.2 Å². The molecule has 1 saturated heterocycles. The van der Waals surface area contributed by atoms with Crippen molar-refractivity contribution in [2.24, 2.45) is 10.4 Å². The molecule has 1 aliphatic rings. The van der Waals surface area contributed by atoms with Gasteiger partial charge in [-0.1, -0.05) is 13.8 Å². The fourth-order valence-electron chi connectivity index (χ4n) is 2.80. The second-order valence-electron chi connectivity index (χ2n) is 7.40. The van der Waals surface area contributed by atoms with Crippen molar-refractivity contribution in [1.29, 1.82) is 0 Å². The molecule has 0 bridgehead atoms. The van der Waals surface area contributed by atoms with Crippen molar-refractivity contribution in [3.63, 3.8) is 0 Å². The third kappa shape index (κ3) is 3.28. The van der Waals surface area contributed by atoms with Gasteiger partial charge in [0.15, 0.2) is 5.96 Å². The van der Waals surface area contributed by atoms with Crippen LogP contribution < -0.4 is 5.32 Å². The van der Waals surface area contributed by atoms with E-state index in [1.807, 2.05) is 10.9 Å². The molecule has 1 N–H and O–H groups in total. The van der Waals surface area contributed by atoms with E-state index in [1.54, 1.807) is 0 Å². The Hall–Kier alpha value is -1.52. The molecule has 0 saturated carbocycles. The second kappa shape index (κ2) is 6.31. The van der Waals surface area contributed by atoms with Crippen molar-refractivity contribution >= 4 is 5.96 Å². The smallest absolute Gasteiger partial charge is 0.194 e. The number of rotatable bonds is 5. The molecule has 0 spiro atoms. The highest BCUT2D eigenvalue weighted by Crippen LogP contribution is 2.46. The van der Waals surface area contributed by atoms with E-state index in [2.05, 4.69) is 63.1 Å². The molecule has 2 rings (SSSR count). The first kappa shape index (κ1) is 16.8. The van der Waals surface area contributed by atoms with Gasteiger partial charge >= 0.3 is 0 Å². The van der Waals surface area contributed by atoms with Crippen molar-refractivity contribution in [1.82, 2.24) is 20.0 Å². The van der Waals surface area contributed by atoms with Gasteiger partial charge in [0.25, 0.3) is 0 Å². The molecular formula is C17H31N5. The summed E-state index contributed by atoms with van der Waals surface area (Å²) in [4.78, 5) is 7.21. The van der Waals surface area contributed by atoms with Crippen LogP contribution in [-0.2, 0) is 6.54 Å². The summed E-state index contributed by atoms with van der Waals surface area (Å²) in [6, 6.07) is 0. The number of nitrogens with zero attached hydrogens (tertiary/aromatic N) is 4. The summed E-state index contributed by atoms with van der Waals surface area (Å²) in [6.45, 7) is 17.2. The molecule has 0 unspecified atom stereocenters. The lowest BCUT2D eigenvalue weighted by Crippen LogP contribution is -2.72. The number of hydrogen-bond acceptors (Lipinski definition) is 2. The maximum absolute atomic E-state index is 4.81. The van der Waals surface area contributed by atoms with Crippen LogP contribution >= 0.6 is 0 Å². The van der Waals surface area contributed by atoms with E-state index in [0.717, 1.165) is 38.6 Å². The van der Waals surface area contributed by atoms with Crippen LogP contribution in [0.3, 0.4) is 0 Å². The average Bonchev–Trinajstić information content (AvgIpc) is 2.85. The molecule has 5 heteroatoms. The van der Waals surface area contributed by atoms with Crippen molar-refractivity contribution < 1.29 is 0 Å². The summed E-state index contributed by atoms with van der Waals surface area (Å²) in [6.07, 6.45) is 4.99. The van der Waals surface area contributed by atoms with E-state index in [9.17, 15) is 0 Å². The van der Waals surface area contributed by atoms with Crippen LogP contribution in [0.15, 0.2) is 17.4 Å². The van der Waals surface area contributed by atoms with Gasteiger partial charge in [-0.05, 0) is 39.7 Å². The van der Waals surface area contributed by atoms with Gasteiger partial charge in [-0.25, -0.2) is 0 Å². The van der Waals surface area contributed by atoms with Gasteiger partial charge in [0, 0.05) is 43.3 Å². The summed E-state index contributed by atoms with van der Waals surface area (Å²) in [5, 5.41) is 7.75. The minimum atomic E-state index is 0.146. The number of aromatic nitrogens is 2. The van der Waals surface area contributed by atoms with Gasteiger partial charge in [0.2, 0.25) is 0 Å². The Morgan fingerprint density at radius 2 is 2.09 bits per heavy atom. The Morgan fingerprint density at radius 3 is 2.59 bits per heavy atom. The molecule has 1 fully saturated rings. The predicted molar refractivity (Wildman–Crippen MR) is 92.1 cm³/mol. The quantitative estimate of drug-likeness (QED) is 0.517. The highest BCUT2D eigenvalue weighted by molar-refractivity contribution is 5.82. The molecule has 1 aromatic rings. The molecule has 1 aromatic heterocycles. The van der Waals surface area contributed by atoms with Crippen molar-refractivity contribution in [2.45, 2.75) is 60.0 Å². The van der Waals surface area contributed by atoms with Crippen molar-refractivity contribution in [3.8, 4) is 0 Å². The largest absolute Gasteiger partial charge is 0.356 e. The Bertz CT molecular complexity index is 527. The van der Waals surface area contributed by atoms with Gasteiger partial charge in [-0.3, -0.25) is 9.67 Å². The Morgan fingerprint density at radius 1 is 1.36 bits per heavy atom. The Balaban J connectivity index is 1.91. The second-order valence-corrected chi connectivity index (χ2v) is 7.40. The van der Waals surface area contributed by atoms with Crippen LogP contribution in [-0.4, -0.2) is 45.8 Å². The average molecular weight is 305 g/mol. The molecule has 0 aromatic carbocycles. The lowest BCUT2D eigenvalue weighted by Gasteiger charge is -2.62. The van der Waals surface area contributed by atoms with E-state index < -0.39 is 0 Å². The summed E-state index contributed by atoms with van der Waals surface area (Å²) in [7, 11) is 0. The summed E-state index contributed by atoms with van der Waals surface area (Å²) in [5.41, 5.74) is 1.68. The van der Waals surface area contributed by atoms with Crippen LogP contribution in [0.4, 0.5) is 0 Å². The van der Waals surface area contributed by atoms with Gasteiger partial charge in [-0.15, -0.1) is 0 Å². The molecular weight excluding hydrogens is 274 g/mol. The van der Waals surface area contributed by atoms with Crippen molar-refractivity contribution in [2.75, 3.05) is 19.6 Å². The number of hydrogen-bond donors (Lipinski definition) is 1. The van der Waals surface area contributed by atoms with E-state index >= 15 is 0 Å². The number of guanidine groups is 1. The van der Waals surface area contributed by atoms with E-state index in [0.29, 0.717) is 5.41 Å². The SMILES string of the molecule is CCNC(=NCCCn1cc(C)cn1)N1CC(C)(C)C1(C)C. The summed E-state index contributed by atoms with van der Waals surface area (Å²) in [5.74, 6) is 1.04. The molecule has 0 atom stereocenters. The molecule has 0 radical (unpaired) electrons. The lowest BCUT2D eigenvalue weighted by molar-refractivity contribution is -0.0667. The monoisotopic (exact) mass is 305 g/mol. The highest BCUT2D eigenvalue weighted by atomic mass is 15.4. The van der Waals surface area contributed by atoms with Gasteiger partial charge in [-0.2, -0.15) is 5.10 Å². The first-order valence-corrected chi connectivity index (χ1v) is 8.33. The van der Waals surface area contributed by atoms with E-state index in [-0.39, 0.29) is 5.54 Å². The van der Waals surface area contributed by atoms with Crippen LogP contribution in [0, 0.1) is 12.3 Å². The van der Waals surface area contributed by atoms with Crippen molar-refractivity contribution in [3.05, 3.63) is 18.0 Å². The molecule has 0 amide bonds. The molecule has 1 aliphatic heterocycles. The fourth-order valence-corrected chi connectivity index (χ4v) is 2.80. The third-order valence-electron chi connectivity index (χ3n) is 5.04.